The van der Waals surface area contributed by atoms with E-state index in [1.807, 2.05) is 24.3 Å². The van der Waals surface area contributed by atoms with Crippen LogP contribution in [0, 0.1) is 11.8 Å². The van der Waals surface area contributed by atoms with Gasteiger partial charge in [-0.2, -0.15) is 0 Å². The van der Waals surface area contributed by atoms with Gasteiger partial charge in [0, 0.05) is 93.3 Å². The van der Waals surface area contributed by atoms with Crippen LogP contribution in [0.15, 0.2) is 195 Å². The monoisotopic (exact) mass is 1140 g/mol. The second-order valence-electron chi connectivity index (χ2n) is 21.9. The van der Waals surface area contributed by atoms with Gasteiger partial charge in [0.05, 0.1) is 22.3 Å². The third-order valence-corrected chi connectivity index (χ3v) is 15.9. The van der Waals surface area contributed by atoms with Crippen LogP contribution in [0.5, 0.6) is 46.0 Å². The molecule has 2 unspecified atom stereocenters. The number of likely N-dealkylation sites (N-methyl/N-ethyl adjacent to an activating group) is 2. The van der Waals surface area contributed by atoms with Gasteiger partial charge in [0.2, 0.25) is 11.8 Å². The first-order valence-corrected chi connectivity index (χ1v) is 28.1. The van der Waals surface area contributed by atoms with Crippen LogP contribution in [0.1, 0.15) is 69.1 Å². The lowest BCUT2D eigenvalue weighted by molar-refractivity contribution is -0.124. The minimum Gasteiger partial charge on any atom is -0.457 e. The number of carbonyl (C=O) groups is 6. The number of hydrogen-bond acceptors (Lipinski definition) is 12. The summed E-state index contributed by atoms with van der Waals surface area (Å²) in [5.41, 5.74) is 1.15. The molecule has 16 heteroatoms. The average Bonchev–Trinajstić information content (AvgIpc) is 0.682. The lowest BCUT2D eigenvalue weighted by atomic mass is 9.80. The molecule has 2 aliphatic heterocycles. The van der Waals surface area contributed by atoms with Gasteiger partial charge in [0.15, 0.2) is 0 Å². The van der Waals surface area contributed by atoms with Gasteiger partial charge in [0.1, 0.15) is 58.1 Å². The molecule has 0 saturated carbocycles. The van der Waals surface area contributed by atoms with Crippen LogP contribution in [0.25, 0.3) is 43.1 Å². The lowest BCUT2D eigenvalue weighted by Crippen LogP contribution is -2.56. The van der Waals surface area contributed by atoms with E-state index in [-0.39, 0.29) is 56.0 Å². The highest BCUT2D eigenvalue weighted by molar-refractivity contribution is 6.45. The number of para-hydroxylation sites is 4. The van der Waals surface area contributed by atoms with Crippen molar-refractivity contribution in [3.8, 4) is 46.0 Å². The fourth-order valence-corrected chi connectivity index (χ4v) is 12.0. The first kappa shape index (κ1) is 54.3. The summed E-state index contributed by atoms with van der Waals surface area (Å²) < 4.78 is 28.2. The maximum absolute atomic E-state index is 16.0. The highest BCUT2D eigenvalue weighted by Crippen LogP contribution is 2.58. The molecular formula is C70H54N6O10. The second-order valence-corrected chi connectivity index (χ2v) is 21.9. The Bertz CT molecular complexity index is 4030. The van der Waals surface area contributed by atoms with Gasteiger partial charge in [-0.05, 0) is 109 Å². The molecule has 0 fully saturated rings. The standard InChI is InChI=1S/C70H54N6O10/c1-39(2)63(69(81)73(5)41-27-31-71-32-28-41)75-65(77)47-35-51(83-43-19-11-7-12-20-43)57-59-53(85-45-23-15-9-16-24-45)37-49-56-50(68(80)76(67(49)79)64(40(3)4)70(82)74(6)42-29-33-72-34-30-42)38-54(86-46-25-17-10-18-26-46)60(62(56)59)58-52(84-44-21-13-8-14-22-44)36-48(66(75)78)55(47)61(57)58/h7-40,63-64H,1-6H3. The Balaban J connectivity index is 1.19. The van der Waals surface area contributed by atoms with E-state index in [2.05, 4.69) is 9.97 Å². The third-order valence-electron chi connectivity index (χ3n) is 15.9. The molecule has 4 heterocycles. The number of benzene rings is 9. The second kappa shape index (κ2) is 21.6. The van der Waals surface area contributed by atoms with Gasteiger partial charge in [-0.25, -0.2) is 0 Å². The molecule has 0 radical (unpaired) electrons. The first-order chi connectivity index (χ1) is 41.7. The van der Waals surface area contributed by atoms with Crippen LogP contribution in [-0.2, 0) is 9.59 Å². The fourth-order valence-electron chi connectivity index (χ4n) is 12.0. The molecule has 2 aliphatic rings. The summed E-state index contributed by atoms with van der Waals surface area (Å²) in [6.07, 6.45) is 6.22. The molecular weight excluding hydrogens is 1080 g/mol. The van der Waals surface area contributed by atoms with Gasteiger partial charge in [0.25, 0.3) is 23.6 Å². The summed E-state index contributed by atoms with van der Waals surface area (Å²) in [6, 6.07) is 46.2. The van der Waals surface area contributed by atoms with Crippen LogP contribution in [0.4, 0.5) is 11.4 Å². The molecule has 0 spiro atoms. The highest BCUT2D eigenvalue weighted by atomic mass is 16.5. The van der Waals surface area contributed by atoms with E-state index in [0.717, 1.165) is 9.80 Å². The summed E-state index contributed by atoms with van der Waals surface area (Å²) >= 11 is 0. The van der Waals surface area contributed by atoms with Crippen LogP contribution >= 0.6 is 0 Å². The topological polar surface area (TPSA) is 178 Å². The van der Waals surface area contributed by atoms with Gasteiger partial charge < -0.3 is 28.7 Å². The van der Waals surface area contributed by atoms with Crippen molar-refractivity contribution in [3.05, 3.63) is 217 Å². The number of pyridine rings is 2. The Morgan fingerprint density at radius 3 is 0.837 bits per heavy atom. The predicted molar refractivity (Wildman–Crippen MR) is 327 cm³/mol. The predicted octanol–water partition coefficient (Wildman–Crippen LogP) is 14.3. The Labute approximate surface area is 493 Å². The number of amides is 6. The highest BCUT2D eigenvalue weighted by Gasteiger charge is 2.48. The average molecular weight is 1140 g/mol. The van der Waals surface area contributed by atoms with Crippen molar-refractivity contribution < 1.29 is 47.7 Å². The molecule has 0 aliphatic carbocycles. The fraction of sp³-hybridized carbons (Fsp3) is 0.143. The maximum atomic E-state index is 16.0. The van der Waals surface area contributed by atoms with Gasteiger partial charge in [-0.15, -0.1) is 0 Å². The molecule has 13 rings (SSSR count). The van der Waals surface area contributed by atoms with Crippen molar-refractivity contribution in [2.75, 3.05) is 23.9 Å². The zero-order chi connectivity index (χ0) is 59.7. The number of hydrogen-bond donors (Lipinski definition) is 0. The number of nitrogens with zero attached hydrogens (tertiary/aromatic N) is 6. The number of imide groups is 2. The van der Waals surface area contributed by atoms with Crippen molar-refractivity contribution >= 4 is 89.9 Å². The third kappa shape index (κ3) is 9.00. The van der Waals surface area contributed by atoms with E-state index in [1.54, 1.807) is 212 Å². The van der Waals surface area contributed by atoms with Gasteiger partial charge >= 0.3 is 0 Å². The Morgan fingerprint density at radius 2 is 0.605 bits per heavy atom. The van der Waals surface area contributed by atoms with Crippen LogP contribution in [0.2, 0.25) is 0 Å². The summed E-state index contributed by atoms with van der Waals surface area (Å²) in [6.45, 7) is 7.12. The largest absolute Gasteiger partial charge is 0.457 e. The minimum absolute atomic E-state index is 0.0361. The molecule has 0 bridgehead atoms. The number of aromatic nitrogens is 2. The van der Waals surface area contributed by atoms with Crippen LogP contribution in [0.3, 0.4) is 0 Å². The van der Waals surface area contributed by atoms with Crippen molar-refractivity contribution in [1.82, 2.24) is 19.8 Å². The molecule has 16 nitrogen and oxygen atoms in total. The molecule has 11 aromatic rings. The van der Waals surface area contributed by atoms with Crippen molar-refractivity contribution in [2.45, 2.75) is 39.8 Å². The zero-order valence-electron chi connectivity index (χ0n) is 47.6. The molecule has 424 valence electrons. The molecule has 9 aromatic carbocycles. The Hall–Kier alpha value is -11.0. The summed E-state index contributed by atoms with van der Waals surface area (Å²) in [5, 5.41) is 2.31. The lowest BCUT2D eigenvalue weighted by Gasteiger charge is -2.38. The molecule has 86 heavy (non-hydrogen) atoms. The van der Waals surface area contributed by atoms with Crippen LogP contribution in [-0.4, -0.2) is 81.4 Å². The molecule has 2 atom stereocenters. The zero-order valence-corrected chi connectivity index (χ0v) is 47.6. The summed E-state index contributed by atoms with van der Waals surface area (Å²) in [4.78, 5) is 107. The van der Waals surface area contributed by atoms with Crippen LogP contribution < -0.4 is 28.7 Å². The molecule has 0 N–H and O–H groups in total. The van der Waals surface area contributed by atoms with Gasteiger partial charge in [-0.1, -0.05) is 100 Å². The molecule has 6 amide bonds. The Morgan fingerprint density at radius 1 is 0.360 bits per heavy atom. The van der Waals surface area contributed by atoms with Crippen molar-refractivity contribution in [2.24, 2.45) is 11.8 Å². The summed E-state index contributed by atoms with van der Waals surface area (Å²) in [5.74, 6) is -3.34. The SMILES string of the molecule is CC(C)C(C(=O)N(C)c1ccncc1)N1C(=O)c2cc(Oc3ccccc3)c3c4c(Oc5ccccc5)cc5c6c(cc(Oc7ccccc7)c(c7c(Oc8ccccc8)cc(c2c37)C1=O)c64)C(=O)N(C(C(=O)N(C)c1ccncc1)C(C)C)C5=O. The number of anilines is 2. The van der Waals surface area contributed by atoms with Gasteiger partial charge in [-0.3, -0.25) is 48.5 Å². The normalized spacial score (nSPS) is 13.7. The number of rotatable bonds is 16. The van der Waals surface area contributed by atoms with E-state index >= 15 is 19.2 Å². The molecule has 2 aromatic heterocycles. The molecule has 0 saturated heterocycles. The minimum atomic E-state index is -1.31. The van der Waals surface area contributed by atoms with Crippen molar-refractivity contribution in [3.63, 3.8) is 0 Å². The maximum Gasteiger partial charge on any atom is 0.262 e. The number of carbonyl (C=O) groups excluding carboxylic acids is 6. The van der Waals surface area contributed by atoms with Crippen molar-refractivity contribution in [1.29, 1.82) is 0 Å². The van der Waals surface area contributed by atoms with E-state index in [4.69, 9.17) is 18.9 Å². The van der Waals surface area contributed by atoms with E-state index in [1.165, 1.54) is 9.80 Å². The smallest absolute Gasteiger partial charge is 0.262 e. The summed E-state index contributed by atoms with van der Waals surface area (Å²) in [7, 11) is 3.18. The Kier molecular flexibility index (Phi) is 13.7. The quantitative estimate of drug-likeness (QED) is 0.0509. The van der Waals surface area contributed by atoms with E-state index in [0.29, 0.717) is 66.7 Å². The van der Waals surface area contributed by atoms with E-state index < -0.39 is 59.4 Å². The number of ether oxygens (including phenoxy) is 4. The first-order valence-electron chi connectivity index (χ1n) is 28.1. The number of fused-ring (bicyclic) bond motifs is 2. The van der Waals surface area contributed by atoms with E-state index in [9.17, 15) is 9.59 Å².